The summed E-state index contributed by atoms with van der Waals surface area (Å²) >= 11 is 0. The zero-order valence-electron chi connectivity index (χ0n) is 8.59. The Labute approximate surface area is 90.3 Å². The lowest BCUT2D eigenvalue weighted by Crippen LogP contribution is -2.24. The van der Waals surface area contributed by atoms with E-state index in [0.29, 0.717) is 0 Å². The maximum Gasteiger partial charge on any atom is 0.0327 e. The molecule has 0 aliphatic carbocycles. The summed E-state index contributed by atoms with van der Waals surface area (Å²) in [6.45, 7) is 11.0. The van der Waals surface area contributed by atoms with Crippen LogP contribution in [-0.2, 0) is 0 Å². The van der Waals surface area contributed by atoms with Crippen molar-refractivity contribution in [3.63, 3.8) is 0 Å². The smallest absolute Gasteiger partial charge is 0.0327 e. The summed E-state index contributed by atoms with van der Waals surface area (Å²) in [6, 6.07) is 3.83. The van der Waals surface area contributed by atoms with Crippen molar-refractivity contribution in [1.82, 2.24) is 0 Å². The van der Waals surface area contributed by atoms with Gasteiger partial charge in [0.2, 0.25) is 0 Å². The van der Waals surface area contributed by atoms with Crippen molar-refractivity contribution in [2.24, 2.45) is 0 Å². The minimum atomic E-state index is 0.803. The van der Waals surface area contributed by atoms with E-state index < -0.39 is 0 Å². The molecule has 0 heterocycles. The fourth-order valence-corrected chi connectivity index (χ4v) is 1.35. The fraction of sp³-hybridized carbons (Fsp3) is 0. The zero-order chi connectivity index (χ0) is 11.3. The third-order valence-corrected chi connectivity index (χ3v) is 2.08. The lowest BCUT2D eigenvalue weighted by molar-refractivity contribution is 1.48. The van der Waals surface area contributed by atoms with Crippen LogP contribution in [0.1, 0.15) is 11.1 Å². The Morgan fingerprint density at radius 2 is 2.00 bits per heavy atom. The average molecular weight is 192 g/mol. The molecule has 72 valence electrons. The summed E-state index contributed by atoms with van der Waals surface area (Å²) in [5.74, 6) is 2.61. The predicted octanol–water partition coefficient (Wildman–Crippen LogP) is 1.84. The third kappa shape index (κ3) is 2.17. The molecule has 1 aromatic carbocycles. The highest BCUT2D eigenvalue weighted by Gasteiger charge is 1.96. The van der Waals surface area contributed by atoms with Crippen LogP contribution in [-0.4, -0.2) is 0 Å². The van der Waals surface area contributed by atoms with Gasteiger partial charge in [0, 0.05) is 10.8 Å². The molecule has 0 saturated heterocycles. The monoisotopic (exact) mass is 192 g/mol. The Balaban J connectivity index is 3.81. The van der Waals surface area contributed by atoms with E-state index >= 15 is 0 Å². The van der Waals surface area contributed by atoms with Crippen LogP contribution < -0.4 is 10.4 Å². The van der Waals surface area contributed by atoms with Gasteiger partial charge in [-0.15, -0.1) is 12.2 Å². The van der Waals surface area contributed by atoms with Gasteiger partial charge in [0.15, 0.2) is 0 Å². The normalized spacial score (nSPS) is 10.2. The molecule has 0 aromatic heterocycles. The lowest BCUT2D eigenvalue weighted by atomic mass is 10.0. The molecule has 0 nitrogen and oxygen atoms in total. The second-order valence-electron chi connectivity index (χ2n) is 2.95. The Bertz CT molecular complexity index is 574. The molecule has 0 fully saturated rings. The summed E-state index contributed by atoms with van der Waals surface area (Å²) in [5, 5.41) is 1.88. The van der Waals surface area contributed by atoms with Gasteiger partial charge in [-0.3, -0.25) is 0 Å². The first-order valence-corrected chi connectivity index (χ1v) is 4.52. The Morgan fingerprint density at radius 3 is 2.47 bits per heavy atom. The molecule has 0 unspecified atom stereocenters. The second kappa shape index (κ2) is 4.86. The summed E-state index contributed by atoms with van der Waals surface area (Å²) in [6.07, 6.45) is 10.7. The highest BCUT2D eigenvalue weighted by molar-refractivity contribution is 5.59. The molecular formula is C15H12. The fourth-order valence-electron chi connectivity index (χ4n) is 1.35. The standard InChI is InChI=1S/C15H12/c1-5-9-15-11-13(7-3)12(6-2)10-14(15)8-4/h2,5,7,9-11H,1,3-4H2/b15-9-. The molecule has 0 radical (unpaired) electrons. The lowest BCUT2D eigenvalue weighted by Gasteiger charge is -1.98. The van der Waals surface area contributed by atoms with Crippen molar-refractivity contribution in [3.8, 4) is 12.3 Å². The van der Waals surface area contributed by atoms with E-state index in [9.17, 15) is 0 Å². The Morgan fingerprint density at radius 1 is 1.27 bits per heavy atom. The summed E-state index contributed by atoms with van der Waals surface area (Å²) in [5.41, 5.74) is 4.59. The first-order chi connectivity index (χ1) is 7.26. The molecule has 0 heteroatoms. The van der Waals surface area contributed by atoms with Gasteiger partial charge >= 0.3 is 0 Å². The largest absolute Gasteiger partial charge is 0.120 e. The van der Waals surface area contributed by atoms with E-state index in [2.05, 4.69) is 31.4 Å². The van der Waals surface area contributed by atoms with E-state index in [1.807, 2.05) is 18.2 Å². The van der Waals surface area contributed by atoms with Gasteiger partial charge in [0.05, 0.1) is 0 Å². The first kappa shape index (κ1) is 10.9. The number of hydrogen-bond acceptors (Lipinski definition) is 0. The molecule has 1 rings (SSSR count). The minimum Gasteiger partial charge on any atom is -0.120 e. The SMILES string of the molecule is C#Cc1cc(=C=C)/c(=C\C=C)cc1C=C. The van der Waals surface area contributed by atoms with Crippen LogP contribution in [0.15, 0.2) is 37.9 Å². The van der Waals surface area contributed by atoms with Crippen LogP contribution in [0.3, 0.4) is 0 Å². The summed E-state index contributed by atoms with van der Waals surface area (Å²) in [7, 11) is 0. The van der Waals surface area contributed by atoms with Crippen LogP contribution >= 0.6 is 0 Å². The predicted molar refractivity (Wildman–Crippen MR) is 67.4 cm³/mol. The molecule has 0 N–H and O–H groups in total. The highest BCUT2D eigenvalue weighted by atomic mass is 14.0. The summed E-state index contributed by atoms with van der Waals surface area (Å²) in [4.78, 5) is 0. The van der Waals surface area contributed by atoms with Gasteiger partial charge in [-0.1, -0.05) is 43.9 Å². The van der Waals surface area contributed by atoms with E-state index in [4.69, 9.17) is 6.42 Å². The second-order valence-corrected chi connectivity index (χ2v) is 2.95. The molecule has 0 amide bonds. The molecular weight excluding hydrogens is 180 g/mol. The molecule has 0 spiro atoms. The maximum absolute atomic E-state index is 5.40. The van der Waals surface area contributed by atoms with Crippen LogP contribution in [0.2, 0.25) is 0 Å². The molecule has 0 bridgehead atoms. The van der Waals surface area contributed by atoms with Crippen molar-refractivity contribution >= 4 is 17.9 Å². The van der Waals surface area contributed by atoms with E-state index in [0.717, 1.165) is 21.6 Å². The van der Waals surface area contributed by atoms with Gasteiger partial charge in [-0.05, 0) is 22.9 Å². The topological polar surface area (TPSA) is 0 Å². The number of terminal acetylenes is 1. The quantitative estimate of drug-likeness (QED) is 0.627. The van der Waals surface area contributed by atoms with Gasteiger partial charge in [-0.2, -0.15) is 0 Å². The van der Waals surface area contributed by atoms with Crippen LogP contribution in [0.25, 0.3) is 17.9 Å². The molecule has 0 aliphatic rings. The van der Waals surface area contributed by atoms with Gasteiger partial charge < -0.3 is 0 Å². The van der Waals surface area contributed by atoms with Crippen molar-refractivity contribution in [1.29, 1.82) is 0 Å². The van der Waals surface area contributed by atoms with Gasteiger partial charge in [0.1, 0.15) is 0 Å². The number of allylic oxidation sites excluding steroid dienone is 1. The van der Waals surface area contributed by atoms with E-state index in [1.165, 1.54) is 0 Å². The van der Waals surface area contributed by atoms with Crippen molar-refractivity contribution in [2.45, 2.75) is 0 Å². The summed E-state index contributed by atoms with van der Waals surface area (Å²) < 4.78 is 0. The van der Waals surface area contributed by atoms with E-state index in [-0.39, 0.29) is 0 Å². The molecule has 0 saturated carbocycles. The molecule has 15 heavy (non-hydrogen) atoms. The van der Waals surface area contributed by atoms with Crippen LogP contribution in [0.4, 0.5) is 0 Å². The van der Waals surface area contributed by atoms with Crippen LogP contribution in [0.5, 0.6) is 0 Å². The highest BCUT2D eigenvalue weighted by Crippen LogP contribution is 2.03. The van der Waals surface area contributed by atoms with Gasteiger partial charge in [0.25, 0.3) is 0 Å². The zero-order valence-corrected chi connectivity index (χ0v) is 8.59. The van der Waals surface area contributed by atoms with Crippen molar-refractivity contribution in [2.75, 3.05) is 0 Å². The molecule has 1 aromatic rings. The minimum absolute atomic E-state index is 0.803. The number of benzene rings is 1. The Hall–Kier alpha value is -2.22. The van der Waals surface area contributed by atoms with Crippen molar-refractivity contribution in [3.05, 3.63) is 59.5 Å². The molecule has 0 atom stereocenters. The van der Waals surface area contributed by atoms with E-state index in [1.54, 1.807) is 12.2 Å². The molecule has 0 aliphatic heterocycles. The number of rotatable bonds is 2. The van der Waals surface area contributed by atoms with Crippen LogP contribution in [0, 0.1) is 12.3 Å². The maximum atomic E-state index is 5.40. The number of hydrogen-bond donors (Lipinski definition) is 0. The average Bonchev–Trinajstić information content (AvgIpc) is 2.28. The Kier molecular flexibility index (Phi) is 3.52. The first-order valence-electron chi connectivity index (χ1n) is 4.52. The third-order valence-electron chi connectivity index (χ3n) is 2.08. The van der Waals surface area contributed by atoms with Crippen molar-refractivity contribution < 1.29 is 0 Å². The van der Waals surface area contributed by atoms with Gasteiger partial charge in [-0.25, -0.2) is 0 Å².